The number of fused-ring (bicyclic) bond motifs is 1. The summed E-state index contributed by atoms with van der Waals surface area (Å²) in [5.41, 5.74) is 4.77. The fourth-order valence-electron chi connectivity index (χ4n) is 4.54. The van der Waals surface area contributed by atoms with Crippen molar-refractivity contribution in [1.82, 2.24) is 29.8 Å². The first kappa shape index (κ1) is 21.2. The minimum atomic E-state index is -0.231. The topological polar surface area (TPSA) is 92.3 Å². The predicted molar refractivity (Wildman–Crippen MR) is 123 cm³/mol. The number of benzene rings is 1. The number of nitrogens with one attached hydrogen (secondary N) is 1. The fraction of sp³-hybridized carbons (Fsp3) is 0.320. The number of nitrogens with zero attached hydrogens (tertiary/aromatic N) is 6. The molecule has 0 saturated carbocycles. The van der Waals surface area contributed by atoms with E-state index in [9.17, 15) is 5.26 Å². The van der Waals surface area contributed by atoms with Crippen molar-refractivity contribution < 1.29 is 4.39 Å². The third-order valence-corrected chi connectivity index (χ3v) is 6.22. The highest BCUT2D eigenvalue weighted by atomic mass is 19.1. The molecule has 1 N–H and O–H groups in total. The number of aryl methyl sites for hydroxylation is 2. The van der Waals surface area contributed by atoms with Crippen LogP contribution in [0.25, 0.3) is 22.6 Å². The SMILES string of the molecule is Cc1nc(C)c2nc(-c3cncc(C#N)c3)n(Cc3ccc(C4CCNCC4)cc3F)c2n1. The summed E-state index contributed by atoms with van der Waals surface area (Å²) in [6.07, 6.45) is 5.20. The van der Waals surface area contributed by atoms with E-state index < -0.39 is 0 Å². The number of halogens is 1. The third-order valence-electron chi connectivity index (χ3n) is 6.22. The molecule has 7 nitrogen and oxygen atoms in total. The van der Waals surface area contributed by atoms with Gasteiger partial charge in [-0.1, -0.05) is 12.1 Å². The van der Waals surface area contributed by atoms with Gasteiger partial charge in [-0.3, -0.25) is 4.98 Å². The first-order chi connectivity index (χ1) is 16.0. The normalized spacial score (nSPS) is 14.5. The summed E-state index contributed by atoms with van der Waals surface area (Å²) in [6, 6.07) is 9.43. The lowest BCUT2D eigenvalue weighted by atomic mass is 9.89. The van der Waals surface area contributed by atoms with Gasteiger partial charge in [-0.2, -0.15) is 5.26 Å². The summed E-state index contributed by atoms with van der Waals surface area (Å²) < 4.78 is 17.2. The number of nitriles is 1. The Hall–Kier alpha value is -3.70. The van der Waals surface area contributed by atoms with Crippen molar-refractivity contribution in [2.24, 2.45) is 0 Å². The van der Waals surface area contributed by atoms with Gasteiger partial charge in [0, 0.05) is 23.5 Å². The van der Waals surface area contributed by atoms with Crippen LogP contribution in [0.4, 0.5) is 4.39 Å². The minimum absolute atomic E-state index is 0.231. The van der Waals surface area contributed by atoms with Crippen molar-refractivity contribution in [2.45, 2.75) is 39.2 Å². The van der Waals surface area contributed by atoms with E-state index in [1.54, 1.807) is 18.3 Å². The molecule has 4 heterocycles. The smallest absolute Gasteiger partial charge is 0.164 e. The van der Waals surface area contributed by atoms with Crippen molar-refractivity contribution in [2.75, 3.05) is 13.1 Å². The highest BCUT2D eigenvalue weighted by Crippen LogP contribution is 2.29. The second kappa shape index (κ2) is 8.68. The summed E-state index contributed by atoms with van der Waals surface area (Å²) in [6.45, 7) is 5.91. The highest BCUT2D eigenvalue weighted by Gasteiger charge is 2.20. The molecule has 4 aromatic rings. The molecule has 8 heteroatoms. The Balaban J connectivity index is 1.60. The number of hydrogen-bond donors (Lipinski definition) is 1. The van der Waals surface area contributed by atoms with Crippen molar-refractivity contribution in [3.8, 4) is 17.5 Å². The van der Waals surface area contributed by atoms with Crippen LogP contribution >= 0.6 is 0 Å². The Kier molecular flexibility index (Phi) is 5.56. The Morgan fingerprint density at radius 2 is 1.94 bits per heavy atom. The minimum Gasteiger partial charge on any atom is -0.317 e. The lowest BCUT2D eigenvalue weighted by Crippen LogP contribution is -2.26. The molecular formula is C25H24FN7. The average molecular weight is 442 g/mol. The van der Waals surface area contributed by atoms with E-state index in [0.29, 0.717) is 45.4 Å². The molecule has 1 saturated heterocycles. The molecule has 1 aliphatic heterocycles. The number of aromatic nitrogens is 5. The van der Waals surface area contributed by atoms with Gasteiger partial charge in [0.1, 0.15) is 29.1 Å². The molecule has 0 aliphatic carbocycles. The number of pyridine rings is 1. The molecule has 1 fully saturated rings. The Morgan fingerprint density at radius 3 is 2.70 bits per heavy atom. The van der Waals surface area contributed by atoms with Gasteiger partial charge >= 0.3 is 0 Å². The van der Waals surface area contributed by atoms with E-state index >= 15 is 4.39 Å². The Bertz CT molecular complexity index is 1380. The second-order valence-electron chi connectivity index (χ2n) is 8.50. The van der Waals surface area contributed by atoms with Gasteiger partial charge in [-0.05, 0) is 63.4 Å². The maximum atomic E-state index is 15.3. The van der Waals surface area contributed by atoms with Crippen molar-refractivity contribution >= 4 is 11.2 Å². The lowest BCUT2D eigenvalue weighted by molar-refractivity contribution is 0.458. The van der Waals surface area contributed by atoms with Crippen LogP contribution in [0, 0.1) is 31.0 Å². The zero-order chi connectivity index (χ0) is 22.9. The van der Waals surface area contributed by atoms with E-state index in [1.807, 2.05) is 30.5 Å². The standard InChI is InChI=1S/C25H24FN7/c1-15-23-25(31-16(2)30-15)33(24(32-23)21-9-17(11-27)12-29-13-21)14-20-4-3-19(10-22(20)26)18-5-7-28-8-6-18/h3-4,9-10,12-13,18,28H,5-8,14H2,1-2H3. The van der Waals surface area contributed by atoms with Crippen LogP contribution in [0.1, 0.15) is 47.0 Å². The van der Waals surface area contributed by atoms with Gasteiger partial charge in [0.05, 0.1) is 17.8 Å². The van der Waals surface area contributed by atoms with E-state index in [4.69, 9.17) is 4.98 Å². The zero-order valence-corrected chi connectivity index (χ0v) is 18.6. The van der Waals surface area contributed by atoms with Crippen molar-refractivity contribution in [3.05, 3.63) is 70.7 Å². The number of piperidine rings is 1. The Morgan fingerprint density at radius 1 is 1.12 bits per heavy atom. The molecule has 1 aliphatic rings. The molecule has 0 spiro atoms. The molecule has 0 bridgehead atoms. The van der Waals surface area contributed by atoms with Crippen LogP contribution in [0.5, 0.6) is 0 Å². The van der Waals surface area contributed by atoms with Gasteiger partial charge in [0.15, 0.2) is 5.65 Å². The van der Waals surface area contributed by atoms with E-state index in [0.717, 1.165) is 37.2 Å². The van der Waals surface area contributed by atoms with Gasteiger partial charge in [0.25, 0.3) is 0 Å². The molecule has 0 atom stereocenters. The average Bonchev–Trinajstić information content (AvgIpc) is 3.19. The van der Waals surface area contributed by atoms with E-state index in [-0.39, 0.29) is 12.4 Å². The quantitative estimate of drug-likeness (QED) is 0.514. The van der Waals surface area contributed by atoms with Crippen molar-refractivity contribution in [1.29, 1.82) is 5.26 Å². The summed E-state index contributed by atoms with van der Waals surface area (Å²) in [7, 11) is 0. The second-order valence-corrected chi connectivity index (χ2v) is 8.50. The van der Waals surface area contributed by atoms with E-state index in [2.05, 4.69) is 26.3 Å². The first-order valence-corrected chi connectivity index (χ1v) is 11.1. The lowest BCUT2D eigenvalue weighted by Gasteiger charge is -2.23. The molecule has 0 amide bonds. The van der Waals surface area contributed by atoms with Crippen LogP contribution in [-0.4, -0.2) is 37.6 Å². The summed E-state index contributed by atoms with van der Waals surface area (Å²) in [5, 5.41) is 12.7. The van der Waals surface area contributed by atoms with Crippen LogP contribution < -0.4 is 5.32 Å². The predicted octanol–water partition coefficient (Wildman–Crippen LogP) is 4.03. The molecule has 166 valence electrons. The van der Waals surface area contributed by atoms with Gasteiger partial charge in [0.2, 0.25) is 0 Å². The molecule has 3 aromatic heterocycles. The monoisotopic (exact) mass is 441 g/mol. The molecule has 5 rings (SSSR count). The van der Waals surface area contributed by atoms with Crippen molar-refractivity contribution in [3.63, 3.8) is 0 Å². The molecule has 1 aromatic carbocycles. The Labute approximate surface area is 191 Å². The molecule has 0 unspecified atom stereocenters. The summed E-state index contributed by atoms with van der Waals surface area (Å²) in [4.78, 5) is 18.0. The summed E-state index contributed by atoms with van der Waals surface area (Å²) >= 11 is 0. The molecular weight excluding hydrogens is 417 g/mol. The van der Waals surface area contributed by atoms with Crippen LogP contribution in [0.15, 0.2) is 36.7 Å². The fourth-order valence-corrected chi connectivity index (χ4v) is 4.54. The van der Waals surface area contributed by atoms with E-state index in [1.165, 1.54) is 6.20 Å². The number of hydrogen-bond acceptors (Lipinski definition) is 6. The van der Waals surface area contributed by atoms with Crippen LogP contribution in [0.3, 0.4) is 0 Å². The number of rotatable bonds is 4. The molecule has 0 radical (unpaired) electrons. The van der Waals surface area contributed by atoms with Crippen LogP contribution in [0.2, 0.25) is 0 Å². The number of imidazole rings is 1. The summed E-state index contributed by atoms with van der Waals surface area (Å²) in [5.74, 6) is 1.36. The molecule has 33 heavy (non-hydrogen) atoms. The zero-order valence-electron chi connectivity index (χ0n) is 18.6. The maximum Gasteiger partial charge on any atom is 0.164 e. The largest absolute Gasteiger partial charge is 0.317 e. The van der Waals surface area contributed by atoms with Gasteiger partial charge in [-0.25, -0.2) is 19.3 Å². The maximum absolute atomic E-state index is 15.3. The van der Waals surface area contributed by atoms with Crippen LogP contribution in [-0.2, 0) is 6.54 Å². The first-order valence-electron chi connectivity index (χ1n) is 11.1. The third kappa shape index (κ3) is 4.08. The van der Waals surface area contributed by atoms with Gasteiger partial charge in [-0.15, -0.1) is 0 Å². The highest BCUT2D eigenvalue weighted by molar-refractivity contribution is 5.79. The van der Waals surface area contributed by atoms with Gasteiger partial charge < -0.3 is 9.88 Å².